The summed E-state index contributed by atoms with van der Waals surface area (Å²) in [6.07, 6.45) is 0. The number of hydrogen-bond acceptors (Lipinski definition) is 3. The summed E-state index contributed by atoms with van der Waals surface area (Å²) in [6, 6.07) is 10.2. The molecule has 21 heavy (non-hydrogen) atoms. The van der Waals surface area contributed by atoms with Crippen LogP contribution in [0.15, 0.2) is 36.4 Å². The summed E-state index contributed by atoms with van der Waals surface area (Å²) in [5.74, 6) is 0.337. The molecule has 2 rings (SSSR count). The highest BCUT2D eigenvalue weighted by atomic mass is 35.5. The van der Waals surface area contributed by atoms with Gasteiger partial charge in [0.05, 0.1) is 28.5 Å². The Morgan fingerprint density at radius 2 is 1.76 bits per heavy atom. The van der Waals surface area contributed by atoms with Gasteiger partial charge in [-0.15, -0.1) is 0 Å². The van der Waals surface area contributed by atoms with E-state index in [0.717, 1.165) is 0 Å². The van der Waals surface area contributed by atoms with Gasteiger partial charge in [-0.1, -0.05) is 35.3 Å². The minimum Gasteiger partial charge on any atom is -0.495 e. The number of carbonyl (C=O) groups is 1. The molecule has 0 fully saturated rings. The average molecular weight is 325 g/mol. The first-order valence-corrected chi connectivity index (χ1v) is 6.87. The molecule has 0 aliphatic heterocycles. The van der Waals surface area contributed by atoms with Gasteiger partial charge in [0.25, 0.3) is 5.91 Å². The zero-order chi connectivity index (χ0) is 15.6. The molecule has 4 nitrogen and oxygen atoms in total. The highest BCUT2D eigenvalue weighted by molar-refractivity contribution is 6.39. The summed E-state index contributed by atoms with van der Waals surface area (Å²) >= 11 is 11.9. The summed E-state index contributed by atoms with van der Waals surface area (Å²) in [4.78, 5) is 14.0. The second-order valence-electron chi connectivity index (χ2n) is 4.39. The number of nitrogen functional groups attached to an aromatic ring is 1. The van der Waals surface area contributed by atoms with Crippen LogP contribution in [0.25, 0.3) is 0 Å². The van der Waals surface area contributed by atoms with Gasteiger partial charge in [-0.3, -0.25) is 4.79 Å². The van der Waals surface area contributed by atoms with Gasteiger partial charge in [-0.05, 0) is 24.3 Å². The Morgan fingerprint density at radius 3 is 2.33 bits per heavy atom. The number of para-hydroxylation sites is 2. The molecule has 1 amide bonds. The lowest BCUT2D eigenvalue weighted by molar-refractivity contribution is 0.0992. The van der Waals surface area contributed by atoms with Crippen LogP contribution in [0.1, 0.15) is 10.4 Å². The number of ether oxygens (including phenoxy) is 1. The Hall–Kier alpha value is -1.91. The fraction of sp³-hybridized carbons (Fsp3) is 0.133. The second-order valence-corrected chi connectivity index (χ2v) is 5.20. The van der Waals surface area contributed by atoms with Crippen molar-refractivity contribution in [1.82, 2.24) is 0 Å². The van der Waals surface area contributed by atoms with E-state index in [1.165, 1.54) is 17.0 Å². The minimum atomic E-state index is -0.261. The van der Waals surface area contributed by atoms with E-state index in [1.54, 1.807) is 26.3 Å². The molecule has 110 valence electrons. The maximum atomic E-state index is 12.5. The van der Waals surface area contributed by atoms with Gasteiger partial charge in [0.2, 0.25) is 0 Å². The largest absolute Gasteiger partial charge is 0.495 e. The molecule has 0 saturated heterocycles. The highest BCUT2D eigenvalue weighted by Gasteiger charge is 2.18. The molecule has 0 spiro atoms. The summed E-state index contributed by atoms with van der Waals surface area (Å²) in [6.45, 7) is 0. The van der Waals surface area contributed by atoms with Gasteiger partial charge in [0, 0.05) is 12.6 Å². The first kappa shape index (κ1) is 15.5. The average Bonchev–Trinajstić information content (AvgIpc) is 2.50. The lowest BCUT2D eigenvalue weighted by atomic mass is 10.1. The van der Waals surface area contributed by atoms with E-state index in [9.17, 15) is 4.79 Å². The van der Waals surface area contributed by atoms with Gasteiger partial charge < -0.3 is 15.4 Å². The van der Waals surface area contributed by atoms with Crippen molar-refractivity contribution in [2.45, 2.75) is 0 Å². The third-order valence-electron chi connectivity index (χ3n) is 3.08. The quantitative estimate of drug-likeness (QED) is 0.872. The van der Waals surface area contributed by atoms with E-state index in [0.29, 0.717) is 17.0 Å². The summed E-state index contributed by atoms with van der Waals surface area (Å²) in [7, 11) is 3.20. The predicted octanol–water partition coefficient (Wildman–Crippen LogP) is 3.86. The fourth-order valence-corrected chi connectivity index (χ4v) is 2.40. The molecule has 6 heteroatoms. The summed E-state index contributed by atoms with van der Waals surface area (Å²) < 4.78 is 5.25. The minimum absolute atomic E-state index is 0.249. The zero-order valence-corrected chi connectivity index (χ0v) is 13.1. The van der Waals surface area contributed by atoms with Crippen LogP contribution in [0, 0.1) is 0 Å². The Balaban J connectivity index is 2.40. The van der Waals surface area contributed by atoms with E-state index in [1.807, 2.05) is 12.1 Å². The number of carbonyl (C=O) groups excluding carboxylic acids is 1. The number of halogens is 2. The molecule has 0 heterocycles. The fourth-order valence-electron chi connectivity index (χ4n) is 1.92. The number of hydrogen-bond donors (Lipinski definition) is 1. The second kappa shape index (κ2) is 6.24. The number of benzene rings is 2. The topological polar surface area (TPSA) is 55.6 Å². The Labute approximate surface area is 133 Å². The van der Waals surface area contributed by atoms with Crippen LogP contribution < -0.4 is 15.4 Å². The maximum absolute atomic E-state index is 12.5. The van der Waals surface area contributed by atoms with Gasteiger partial charge in [-0.2, -0.15) is 0 Å². The van der Waals surface area contributed by atoms with E-state index >= 15 is 0 Å². The van der Waals surface area contributed by atoms with Crippen LogP contribution in [0.4, 0.5) is 11.4 Å². The Morgan fingerprint density at radius 1 is 1.19 bits per heavy atom. The van der Waals surface area contributed by atoms with Crippen molar-refractivity contribution < 1.29 is 9.53 Å². The first-order valence-electron chi connectivity index (χ1n) is 6.11. The molecule has 0 bridgehead atoms. The molecule has 2 aromatic carbocycles. The van der Waals surface area contributed by atoms with Crippen molar-refractivity contribution in [2.75, 3.05) is 24.8 Å². The van der Waals surface area contributed by atoms with E-state index in [4.69, 9.17) is 33.7 Å². The lowest BCUT2D eigenvalue weighted by Crippen LogP contribution is -2.26. The van der Waals surface area contributed by atoms with Crippen LogP contribution in [-0.4, -0.2) is 20.1 Å². The van der Waals surface area contributed by atoms with Crippen LogP contribution in [0.2, 0.25) is 10.0 Å². The highest BCUT2D eigenvalue weighted by Crippen LogP contribution is 2.31. The molecular formula is C15H14Cl2N2O2. The normalized spacial score (nSPS) is 10.3. The third-order valence-corrected chi connectivity index (χ3v) is 3.70. The molecule has 2 aromatic rings. The van der Waals surface area contributed by atoms with Crippen molar-refractivity contribution >= 4 is 40.5 Å². The molecular weight excluding hydrogens is 311 g/mol. The van der Waals surface area contributed by atoms with Gasteiger partial charge in [0.1, 0.15) is 5.75 Å². The van der Waals surface area contributed by atoms with Crippen molar-refractivity contribution in [1.29, 1.82) is 0 Å². The molecule has 0 aliphatic rings. The number of nitrogens with zero attached hydrogens (tertiary/aromatic N) is 1. The van der Waals surface area contributed by atoms with Crippen molar-refractivity contribution in [3.05, 3.63) is 52.0 Å². The Bertz CT molecular complexity index is 666. The van der Waals surface area contributed by atoms with Gasteiger partial charge in [-0.25, -0.2) is 0 Å². The molecule has 0 atom stereocenters. The first-order chi connectivity index (χ1) is 9.95. The van der Waals surface area contributed by atoms with Crippen molar-refractivity contribution in [3.63, 3.8) is 0 Å². The number of anilines is 2. The Kier molecular flexibility index (Phi) is 4.60. The van der Waals surface area contributed by atoms with Crippen LogP contribution in [0.3, 0.4) is 0 Å². The number of methoxy groups -OCH3 is 1. The van der Waals surface area contributed by atoms with Gasteiger partial charge >= 0.3 is 0 Å². The molecule has 0 aliphatic carbocycles. The zero-order valence-electron chi connectivity index (χ0n) is 11.6. The van der Waals surface area contributed by atoms with Crippen molar-refractivity contribution in [3.8, 4) is 5.75 Å². The van der Waals surface area contributed by atoms with E-state index < -0.39 is 0 Å². The number of nitrogens with two attached hydrogens (primary N) is 1. The van der Waals surface area contributed by atoms with E-state index in [-0.39, 0.29) is 21.6 Å². The summed E-state index contributed by atoms with van der Waals surface area (Å²) in [5.41, 5.74) is 6.94. The van der Waals surface area contributed by atoms with E-state index in [2.05, 4.69) is 0 Å². The van der Waals surface area contributed by atoms with Crippen LogP contribution in [0.5, 0.6) is 5.75 Å². The summed E-state index contributed by atoms with van der Waals surface area (Å²) in [5, 5.41) is 0.499. The molecule has 0 saturated carbocycles. The lowest BCUT2D eigenvalue weighted by Gasteiger charge is -2.20. The third kappa shape index (κ3) is 3.06. The SMILES string of the molecule is COc1ccccc1N(C)C(=O)c1cc(Cl)c(N)c(Cl)c1. The molecule has 0 aromatic heterocycles. The van der Waals surface area contributed by atoms with Crippen LogP contribution in [-0.2, 0) is 0 Å². The number of rotatable bonds is 3. The smallest absolute Gasteiger partial charge is 0.258 e. The monoisotopic (exact) mass is 324 g/mol. The predicted molar refractivity (Wildman–Crippen MR) is 86.6 cm³/mol. The standard InChI is InChI=1S/C15H14Cl2N2O2/c1-19(12-5-3-4-6-13(12)21-2)15(20)9-7-10(16)14(18)11(17)8-9/h3-8H,18H2,1-2H3. The molecule has 2 N–H and O–H groups in total. The number of amides is 1. The van der Waals surface area contributed by atoms with Crippen LogP contribution >= 0.6 is 23.2 Å². The van der Waals surface area contributed by atoms with Gasteiger partial charge in [0.15, 0.2) is 0 Å². The molecule has 0 radical (unpaired) electrons. The van der Waals surface area contributed by atoms with Crippen molar-refractivity contribution in [2.24, 2.45) is 0 Å². The molecule has 0 unspecified atom stereocenters. The maximum Gasteiger partial charge on any atom is 0.258 e.